The van der Waals surface area contributed by atoms with E-state index >= 15 is 0 Å². The number of piperazine rings is 1. The molecule has 1 aliphatic carbocycles. The van der Waals surface area contributed by atoms with Crippen molar-refractivity contribution < 1.29 is 23.9 Å². The van der Waals surface area contributed by atoms with Gasteiger partial charge in [-0.2, -0.15) is 4.98 Å². The number of ether oxygens (including phenoxy) is 2. The molecule has 0 bridgehead atoms. The van der Waals surface area contributed by atoms with Crippen molar-refractivity contribution in [3.63, 3.8) is 0 Å². The third-order valence-corrected chi connectivity index (χ3v) is 6.65. The van der Waals surface area contributed by atoms with Crippen LogP contribution in [0.1, 0.15) is 69.8 Å². The number of hydrogen-bond acceptors (Lipinski definition) is 8. The molecule has 2 amide bonds. The standard InChI is InChI=1S/C29H39N5O5/c1-29(2,3)39-25(35)14-13-22(28(37)34-17-15-30-16-18-34)32-27(36)23-19-24(38-21-11-7-8-12-21)33-26(31-23)20-9-5-4-6-10-20/h4-6,9-10,19,21-22,30H,7-8,11-18H2,1-3H3,(H,32,36). The summed E-state index contributed by atoms with van der Waals surface area (Å²) in [5.74, 6) is -0.471. The van der Waals surface area contributed by atoms with Crippen LogP contribution in [-0.2, 0) is 14.3 Å². The van der Waals surface area contributed by atoms with Gasteiger partial charge in [0, 0.05) is 44.2 Å². The number of carbonyl (C=O) groups is 3. The van der Waals surface area contributed by atoms with Crippen LogP contribution in [-0.4, -0.2) is 76.6 Å². The van der Waals surface area contributed by atoms with E-state index in [9.17, 15) is 14.4 Å². The van der Waals surface area contributed by atoms with Crippen LogP contribution in [0.2, 0.25) is 0 Å². The zero-order chi connectivity index (χ0) is 27.8. The van der Waals surface area contributed by atoms with Crippen LogP contribution in [0.4, 0.5) is 0 Å². The van der Waals surface area contributed by atoms with E-state index in [0.717, 1.165) is 31.2 Å². The monoisotopic (exact) mass is 537 g/mol. The van der Waals surface area contributed by atoms with E-state index in [0.29, 0.717) is 37.9 Å². The maximum Gasteiger partial charge on any atom is 0.306 e. The first kappa shape index (κ1) is 28.5. The van der Waals surface area contributed by atoms with Gasteiger partial charge in [0.15, 0.2) is 5.82 Å². The number of hydrogen-bond donors (Lipinski definition) is 2. The van der Waals surface area contributed by atoms with Gasteiger partial charge in [-0.1, -0.05) is 30.3 Å². The van der Waals surface area contributed by atoms with Gasteiger partial charge < -0.3 is 25.0 Å². The van der Waals surface area contributed by atoms with E-state index in [1.165, 1.54) is 6.07 Å². The molecule has 2 fully saturated rings. The molecule has 1 saturated carbocycles. The van der Waals surface area contributed by atoms with Crippen LogP contribution in [0.25, 0.3) is 11.4 Å². The second-order valence-corrected chi connectivity index (χ2v) is 11.0. The highest BCUT2D eigenvalue weighted by atomic mass is 16.6. The second-order valence-electron chi connectivity index (χ2n) is 11.0. The maximum atomic E-state index is 13.5. The molecule has 1 saturated heterocycles. The molecule has 2 N–H and O–H groups in total. The molecule has 1 unspecified atom stereocenters. The largest absolute Gasteiger partial charge is 0.474 e. The first-order valence-corrected chi connectivity index (χ1v) is 13.8. The lowest BCUT2D eigenvalue weighted by atomic mass is 10.1. The normalized spacial score (nSPS) is 16.9. The minimum atomic E-state index is -0.905. The van der Waals surface area contributed by atoms with Gasteiger partial charge in [0.1, 0.15) is 23.4 Å². The van der Waals surface area contributed by atoms with Crippen LogP contribution < -0.4 is 15.4 Å². The lowest BCUT2D eigenvalue weighted by Gasteiger charge is -2.31. The number of benzene rings is 1. The molecular weight excluding hydrogens is 498 g/mol. The number of nitrogens with zero attached hydrogens (tertiary/aromatic N) is 3. The molecule has 2 aliphatic rings. The molecule has 10 heteroatoms. The molecule has 0 spiro atoms. The quantitative estimate of drug-likeness (QED) is 0.468. The Bertz CT molecular complexity index is 1140. The predicted octanol–water partition coefficient (Wildman–Crippen LogP) is 3.12. The van der Waals surface area contributed by atoms with E-state index in [4.69, 9.17) is 9.47 Å². The number of carbonyl (C=O) groups excluding carboxylic acids is 3. The molecule has 1 aliphatic heterocycles. The summed E-state index contributed by atoms with van der Waals surface area (Å²) in [4.78, 5) is 50.2. The fraction of sp³-hybridized carbons (Fsp3) is 0.552. The van der Waals surface area contributed by atoms with Crippen LogP contribution in [0.3, 0.4) is 0 Å². The van der Waals surface area contributed by atoms with Gasteiger partial charge in [-0.25, -0.2) is 4.98 Å². The number of rotatable bonds is 9. The predicted molar refractivity (Wildman–Crippen MR) is 146 cm³/mol. The molecule has 1 aromatic carbocycles. The lowest BCUT2D eigenvalue weighted by Crippen LogP contribution is -2.54. The number of amides is 2. The minimum Gasteiger partial charge on any atom is -0.474 e. The lowest BCUT2D eigenvalue weighted by molar-refractivity contribution is -0.155. The van der Waals surface area contributed by atoms with Crippen LogP contribution in [0.5, 0.6) is 5.88 Å². The third kappa shape index (κ3) is 8.48. The summed E-state index contributed by atoms with van der Waals surface area (Å²) in [6.07, 6.45) is 4.25. The average Bonchev–Trinajstić information content (AvgIpc) is 3.43. The number of nitrogens with one attached hydrogen (secondary N) is 2. The Kier molecular flexibility index (Phi) is 9.50. The van der Waals surface area contributed by atoms with Crippen molar-refractivity contribution in [2.45, 2.75) is 77.0 Å². The van der Waals surface area contributed by atoms with E-state index in [1.807, 2.05) is 30.3 Å². The highest BCUT2D eigenvalue weighted by Gasteiger charge is 2.30. The van der Waals surface area contributed by atoms with Gasteiger partial charge in [0.05, 0.1) is 0 Å². The third-order valence-electron chi connectivity index (χ3n) is 6.65. The zero-order valence-corrected chi connectivity index (χ0v) is 23.1. The summed E-state index contributed by atoms with van der Waals surface area (Å²) in [5.41, 5.74) is 0.220. The fourth-order valence-corrected chi connectivity index (χ4v) is 4.74. The fourth-order valence-electron chi connectivity index (χ4n) is 4.74. The number of esters is 1. The molecule has 1 aromatic heterocycles. The van der Waals surface area contributed by atoms with Crippen LogP contribution >= 0.6 is 0 Å². The average molecular weight is 538 g/mol. The summed E-state index contributed by atoms with van der Waals surface area (Å²) in [6, 6.07) is 10.0. The van der Waals surface area contributed by atoms with Crippen molar-refractivity contribution in [3.8, 4) is 17.3 Å². The summed E-state index contributed by atoms with van der Waals surface area (Å²) in [6.45, 7) is 7.78. The van der Waals surface area contributed by atoms with Gasteiger partial charge in [0.25, 0.3) is 5.91 Å². The smallest absolute Gasteiger partial charge is 0.306 e. The van der Waals surface area contributed by atoms with Crippen molar-refractivity contribution in [2.75, 3.05) is 26.2 Å². The maximum absolute atomic E-state index is 13.5. The summed E-state index contributed by atoms with van der Waals surface area (Å²) >= 11 is 0. The van der Waals surface area contributed by atoms with Crippen molar-refractivity contribution in [1.29, 1.82) is 0 Å². The Labute approximate surface area is 229 Å². The van der Waals surface area contributed by atoms with Gasteiger partial charge in [0.2, 0.25) is 11.8 Å². The van der Waals surface area contributed by atoms with Gasteiger partial charge >= 0.3 is 5.97 Å². The van der Waals surface area contributed by atoms with Crippen LogP contribution in [0, 0.1) is 0 Å². The molecular formula is C29H39N5O5. The molecule has 39 heavy (non-hydrogen) atoms. The summed E-state index contributed by atoms with van der Waals surface area (Å²) in [7, 11) is 0. The Hall–Kier alpha value is -3.53. The van der Waals surface area contributed by atoms with Crippen molar-refractivity contribution in [1.82, 2.24) is 25.5 Å². The second kappa shape index (κ2) is 13.0. The van der Waals surface area contributed by atoms with Crippen molar-refractivity contribution in [3.05, 3.63) is 42.1 Å². The van der Waals surface area contributed by atoms with E-state index < -0.39 is 23.5 Å². The van der Waals surface area contributed by atoms with Crippen molar-refractivity contribution >= 4 is 17.8 Å². The van der Waals surface area contributed by atoms with E-state index in [-0.39, 0.29) is 30.5 Å². The first-order chi connectivity index (χ1) is 18.7. The van der Waals surface area contributed by atoms with E-state index in [2.05, 4.69) is 20.6 Å². The Morgan fingerprint density at radius 3 is 2.44 bits per heavy atom. The summed E-state index contributed by atoms with van der Waals surface area (Å²) in [5, 5.41) is 6.07. The SMILES string of the molecule is CC(C)(C)OC(=O)CCC(NC(=O)c1cc(OC2CCCC2)nc(-c2ccccc2)n1)C(=O)N1CCNCC1. The summed E-state index contributed by atoms with van der Waals surface area (Å²) < 4.78 is 11.5. The molecule has 0 radical (unpaired) electrons. The number of aromatic nitrogens is 2. The van der Waals surface area contributed by atoms with Gasteiger partial charge in [-0.3, -0.25) is 14.4 Å². The highest BCUT2D eigenvalue weighted by molar-refractivity contribution is 5.96. The van der Waals surface area contributed by atoms with Gasteiger partial charge in [-0.05, 0) is 52.9 Å². The van der Waals surface area contributed by atoms with Crippen LogP contribution in [0.15, 0.2) is 36.4 Å². The molecule has 10 nitrogen and oxygen atoms in total. The molecule has 4 rings (SSSR count). The molecule has 2 heterocycles. The highest BCUT2D eigenvalue weighted by Crippen LogP contribution is 2.25. The van der Waals surface area contributed by atoms with Gasteiger partial charge in [-0.15, -0.1) is 0 Å². The van der Waals surface area contributed by atoms with E-state index in [1.54, 1.807) is 25.7 Å². The Balaban J connectivity index is 1.56. The minimum absolute atomic E-state index is 0.00483. The molecule has 1 atom stereocenters. The topological polar surface area (TPSA) is 123 Å². The first-order valence-electron chi connectivity index (χ1n) is 13.8. The zero-order valence-electron chi connectivity index (χ0n) is 23.1. The Morgan fingerprint density at radius 2 is 1.77 bits per heavy atom. The molecule has 2 aromatic rings. The van der Waals surface area contributed by atoms with Crippen molar-refractivity contribution in [2.24, 2.45) is 0 Å². The molecule has 210 valence electrons. The Morgan fingerprint density at radius 1 is 1.08 bits per heavy atom.